The van der Waals surface area contributed by atoms with E-state index in [1.54, 1.807) is 7.11 Å². The zero-order chi connectivity index (χ0) is 19.1. The van der Waals surface area contributed by atoms with E-state index < -0.39 is 0 Å². The van der Waals surface area contributed by atoms with Crippen LogP contribution in [0.3, 0.4) is 0 Å². The highest BCUT2D eigenvalue weighted by atomic mass is 16.5. The lowest BCUT2D eigenvalue weighted by Gasteiger charge is -2.35. The van der Waals surface area contributed by atoms with Gasteiger partial charge in [0.25, 0.3) is 0 Å². The summed E-state index contributed by atoms with van der Waals surface area (Å²) < 4.78 is 15.9. The molecule has 2 aliphatic rings. The molecule has 1 saturated heterocycles. The normalized spacial score (nSPS) is 21.9. The van der Waals surface area contributed by atoms with Gasteiger partial charge in [-0.15, -0.1) is 0 Å². The van der Waals surface area contributed by atoms with E-state index in [-0.39, 0.29) is 5.60 Å². The standard InChI is InChI=1S/C21H25N5O2/c1-24-11-16(9-23-24)12-25-7-6-21(14-25)15-26-19(10-22-20(26)13-28-21)17-4-3-5-18(8-17)27-2/h3-5,8-11H,6-7,12-15H2,1-2H3. The number of hydrogen-bond acceptors (Lipinski definition) is 5. The first-order valence-electron chi connectivity index (χ1n) is 9.67. The molecule has 3 aromatic rings. The van der Waals surface area contributed by atoms with Crippen LogP contribution in [0.4, 0.5) is 0 Å². The summed E-state index contributed by atoms with van der Waals surface area (Å²) in [5.74, 6) is 1.85. The van der Waals surface area contributed by atoms with Crippen molar-refractivity contribution < 1.29 is 9.47 Å². The molecule has 7 nitrogen and oxygen atoms in total. The largest absolute Gasteiger partial charge is 0.497 e. The van der Waals surface area contributed by atoms with Gasteiger partial charge in [-0.2, -0.15) is 5.10 Å². The molecule has 0 radical (unpaired) electrons. The maximum Gasteiger partial charge on any atom is 0.135 e. The van der Waals surface area contributed by atoms with Crippen LogP contribution in [-0.4, -0.2) is 50.0 Å². The Labute approximate surface area is 164 Å². The van der Waals surface area contributed by atoms with Gasteiger partial charge in [0, 0.05) is 44.0 Å². The third-order valence-electron chi connectivity index (χ3n) is 5.82. The smallest absolute Gasteiger partial charge is 0.135 e. The van der Waals surface area contributed by atoms with E-state index in [0.717, 1.165) is 55.4 Å². The molecule has 0 amide bonds. The zero-order valence-corrected chi connectivity index (χ0v) is 16.3. The Morgan fingerprint density at radius 2 is 2.18 bits per heavy atom. The van der Waals surface area contributed by atoms with Gasteiger partial charge in [0.2, 0.25) is 0 Å². The summed E-state index contributed by atoms with van der Waals surface area (Å²) in [6.07, 6.45) is 7.01. The highest BCUT2D eigenvalue weighted by Crippen LogP contribution is 2.36. The summed E-state index contributed by atoms with van der Waals surface area (Å²) in [5.41, 5.74) is 3.35. The molecule has 1 fully saturated rings. The van der Waals surface area contributed by atoms with Gasteiger partial charge in [0.1, 0.15) is 23.8 Å². The fourth-order valence-electron chi connectivity index (χ4n) is 4.39. The van der Waals surface area contributed by atoms with Crippen LogP contribution in [0.5, 0.6) is 5.75 Å². The number of fused-ring (bicyclic) bond motifs is 1. The molecule has 4 heterocycles. The number of aryl methyl sites for hydroxylation is 1. The Kier molecular flexibility index (Phi) is 4.21. The molecule has 0 N–H and O–H groups in total. The quantitative estimate of drug-likeness (QED) is 0.697. The third-order valence-corrected chi connectivity index (χ3v) is 5.82. The predicted octanol–water partition coefficient (Wildman–Crippen LogP) is 2.47. The van der Waals surface area contributed by atoms with Gasteiger partial charge in [-0.3, -0.25) is 9.58 Å². The van der Waals surface area contributed by atoms with Crippen molar-refractivity contribution in [3.05, 3.63) is 54.2 Å². The molecule has 0 saturated carbocycles. The van der Waals surface area contributed by atoms with Crippen LogP contribution in [0.2, 0.25) is 0 Å². The molecule has 2 aromatic heterocycles. The molecule has 0 bridgehead atoms. The number of likely N-dealkylation sites (tertiary alicyclic amines) is 1. The number of ether oxygens (including phenoxy) is 2. The van der Waals surface area contributed by atoms with Crippen molar-refractivity contribution in [3.63, 3.8) is 0 Å². The van der Waals surface area contributed by atoms with E-state index in [0.29, 0.717) is 6.61 Å². The number of nitrogens with zero attached hydrogens (tertiary/aromatic N) is 5. The van der Waals surface area contributed by atoms with Crippen molar-refractivity contribution in [1.29, 1.82) is 0 Å². The van der Waals surface area contributed by atoms with Gasteiger partial charge in [-0.25, -0.2) is 4.98 Å². The lowest BCUT2D eigenvalue weighted by molar-refractivity contribution is -0.0821. The Balaban J connectivity index is 1.37. The van der Waals surface area contributed by atoms with Crippen molar-refractivity contribution in [2.24, 2.45) is 7.05 Å². The first-order chi connectivity index (χ1) is 13.6. The van der Waals surface area contributed by atoms with Crippen LogP contribution < -0.4 is 4.74 Å². The van der Waals surface area contributed by atoms with Crippen LogP contribution in [0.1, 0.15) is 17.8 Å². The molecule has 1 aromatic carbocycles. The van der Waals surface area contributed by atoms with Crippen LogP contribution in [0.15, 0.2) is 42.9 Å². The Bertz CT molecular complexity index is 994. The maximum absolute atomic E-state index is 6.35. The second-order valence-electron chi connectivity index (χ2n) is 7.83. The number of benzene rings is 1. The van der Waals surface area contributed by atoms with Crippen LogP contribution in [-0.2, 0) is 31.5 Å². The van der Waals surface area contributed by atoms with Crippen molar-refractivity contribution in [3.8, 4) is 17.0 Å². The highest BCUT2D eigenvalue weighted by molar-refractivity contribution is 5.61. The highest BCUT2D eigenvalue weighted by Gasteiger charge is 2.43. The molecule has 1 spiro atoms. The van der Waals surface area contributed by atoms with E-state index in [2.05, 4.69) is 37.9 Å². The molecule has 146 valence electrons. The molecule has 0 aliphatic carbocycles. The second-order valence-corrected chi connectivity index (χ2v) is 7.83. The van der Waals surface area contributed by atoms with Gasteiger partial charge in [-0.05, 0) is 18.6 Å². The molecular weight excluding hydrogens is 354 g/mol. The van der Waals surface area contributed by atoms with Crippen LogP contribution in [0.25, 0.3) is 11.3 Å². The minimum absolute atomic E-state index is 0.149. The predicted molar refractivity (Wildman–Crippen MR) is 105 cm³/mol. The van der Waals surface area contributed by atoms with Gasteiger partial charge in [0.05, 0.1) is 31.7 Å². The number of rotatable bonds is 4. The lowest BCUT2D eigenvalue weighted by Crippen LogP contribution is -2.44. The van der Waals surface area contributed by atoms with Crippen molar-refractivity contribution >= 4 is 0 Å². The summed E-state index contributed by atoms with van der Waals surface area (Å²) >= 11 is 0. The average Bonchev–Trinajstić information content (AvgIpc) is 3.41. The molecular formula is C21H25N5O2. The fourth-order valence-corrected chi connectivity index (χ4v) is 4.39. The van der Waals surface area contributed by atoms with Crippen LogP contribution >= 0.6 is 0 Å². The van der Waals surface area contributed by atoms with Gasteiger partial charge < -0.3 is 14.0 Å². The van der Waals surface area contributed by atoms with Crippen molar-refractivity contribution in [1.82, 2.24) is 24.2 Å². The molecule has 28 heavy (non-hydrogen) atoms. The average molecular weight is 379 g/mol. The van der Waals surface area contributed by atoms with Gasteiger partial charge in [-0.1, -0.05) is 12.1 Å². The van der Waals surface area contributed by atoms with E-state index in [1.165, 1.54) is 5.56 Å². The van der Waals surface area contributed by atoms with Crippen LogP contribution in [0, 0.1) is 0 Å². The molecule has 5 rings (SSSR count). The topological polar surface area (TPSA) is 57.3 Å². The molecule has 7 heteroatoms. The molecule has 1 atom stereocenters. The molecule has 1 unspecified atom stereocenters. The number of imidazole rings is 1. The monoisotopic (exact) mass is 379 g/mol. The lowest BCUT2D eigenvalue weighted by atomic mass is 10.0. The Morgan fingerprint density at radius 3 is 3.00 bits per heavy atom. The summed E-state index contributed by atoms with van der Waals surface area (Å²) in [4.78, 5) is 7.07. The van der Waals surface area contributed by atoms with E-state index in [4.69, 9.17) is 9.47 Å². The summed E-state index contributed by atoms with van der Waals surface area (Å²) in [7, 11) is 3.66. The van der Waals surface area contributed by atoms with Gasteiger partial charge >= 0.3 is 0 Å². The summed E-state index contributed by atoms with van der Waals surface area (Å²) in [6.45, 7) is 4.27. The first kappa shape index (κ1) is 17.5. The Hall–Kier alpha value is -2.64. The number of hydrogen-bond donors (Lipinski definition) is 0. The number of methoxy groups -OCH3 is 1. The Morgan fingerprint density at radius 1 is 1.25 bits per heavy atom. The van der Waals surface area contributed by atoms with E-state index in [1.807, 2.05) is 36.3 Å². The number of aromatic nitrogens is 4. The van der Waals surface area contributed by atoms with Crippen molar-refractivity contribution in [2.45, 2.75) is 31.7 Å². The van der Waals surface area contributed by atoms with E-state index >= 15 is 0 Å². The second kappa shape index (κ2) is 6.76. The summed E-state index contributed by atoms with van der Waals surface area (Å²) in [6, 6.07) is 8.16. The van der Waals surface area contributed by atoms with Gasteiger partial charge in [0.15, 0.2) is 0 Å². The third kappa shape index (κ3) is 3.10. The molecule has 2 aliphatic heterocycles. The minimum Gasteiger partial charge on any atom is -0.497 e. The summed E-state index contributed by atoms with van der Waals surface area (Å²) in [5, 5.41) is 4.28. The van der Waals surface area contributed by atoms with Crippen molar-refractivity contribution in [2.75, 3.05) is 20.2 Å². The van der Waals surface area contributed by atoms with E-state index in [9.17, 15) is 0 Å². The zero-order valence-electron chi connectivity index (χ0n) is 16.3. The minimum atomic E-state index is -0.149. The maximum atomic E-state index is 6.35. The SMILES string of the molecule is COc1cccc(-c2cnc3n2CC2(CCN(Cc4cnn(C)c4)C2)OC3)c1. The first-order valence-corrected chi connectivity index (χ1v) is 9.67. The fraction of sp³-hybridized carbons (Fsp3) is 0.429.